The minimum atomic E-state index is -4.32. The van der Waals surface area contributed by atoms with Gasteiger partial charge in [0.05, 0.1) is 31.9 Å². The fourth-order valence-electron chi connectivity index (χ4n) is 4.26. The zero-order valence-corrected chi connectivity index (χ0v) is 26.7. The van der Waals surface area contributed by atoms with Crippen molar-refractivity contribution >= 4 is 39.1 Å². The van der Waals surface area contributed by atoms with Crippen LogP contribution in [0.1, 0.15) is 32.8 Å². The first-order chi connectivity index (χ1) is 20.4. The minimum Gasteiger partial charge on any atom is -0.497 e. The van der Waals surface area contributed by atoms with Gasteiger partial charge >= 0.3 is 0 Å². The summed E-state index contributed by atoms with van der Waals surface area (Å²) >= 11 is 6.09. The molecule has 0 aliphatic rings. The number of anilines is 1. The molecule has 0 aliphatic carbocycles. The fourth-order valence-corrected chi connectivity index (χ4v) is 5.81. The standard InChI is InChI=1S/C31H38ClN3O7S/c1-7-21(2)33-31(37)22(3)34(19-23-9-8-10-26(17-23)40-4)30(36)20-35(25-13-11-24(32)12-14-25)43(38,39)27-15-16-28(41-5)29(18-27)42-6/h8-18,21-22H,7,19-20H2,1-6H3,(H,33,37)/t21-,22-/m0/s1. The van der Waals surface area contributed by atoms with E-state index in [1.165, 1.54) is 68.7 Å². The van der Waals surface area contributed by atoms with E-state index in [9.17, 15) is 18.0 Å². The number of nitrogens with one attached hydrogen (secondary N) is 1. The second-order valence-electron chi connectivity index (χ2n) is 9.87. The number of amides is 2. The maximum atomic E-state index is 14.1. The number of hydrogen-bond acceptors (Lipinski definition) is 7. The molecule has 0 spiro atoms. The van der Waals surface area contributed by atoms with Crippen molar-refractivity contribution in [1.29, 1.82) is 0 Å². The first kappa shape index (κ1) is 33.5. The third-order valence-electron chi connectivity index (χ3n) is 6.99. The third kappa shape index (κ3) is 8.32. The van der Waals surface area contributed by atoms with Crippen LogP contribution < -0.4 is 23.8 Å². The zero-order valence-electron chi connectivity index (χ0n) is 25.2. The molecule has 0 saturated heterocycles. The minimum absolute atomic E-state index is 0.0377. The fraction of sp³-hybridized carbons (Fsp3) is 0.355. The van der Waals surface area contributed by atoms with Gasteiger partial charge in [0, 0.05) is 23.7 Å². The molecule has 0 bridgehead atoms. The SMILES string of the molecule is CC[C@H](C)NC(=O)[C@H](C)N(Cc1cccc(OC)c1)C(=O)CN(c1ccc(Cl)cc1)S(=O)(=O)c1ccc(OC)c(OC)c1. The molecule has 0 aliphatic heterocycles. The van der Waals surface area contributed by atoms with Gasteiger partial charge in [-0.2, -0.15) is 0 Å². The van der Waals surface area contributed by atoms with E-state index in [1.54, 1.807) is 31.2 Å². The van der Waals surface area contributed by atoms with Crippen LogP contribution >= 0.6 is 11.6 Å². The highest BCUT2D eigenvalue weighted by molar-refractivity contribution is 7.92. The zero-order chi connectivity index (χ0) is 31.7. The van der Waals surface area contributed by atoms with Gasteiger partial charge in [-0.3, -0.25) is 13.9 Å². The molecule has 0 radical (unpaired) electrons. The lowest BCUT2D eigenvalue weighted by atomic mass is 10.1. The Kier molecular flexibility index (Phi) is 11.7. The molecule has 3 rings (SSSR count). The van der Waals surface area contributed by atoms with Crippen LogP contribution in [0.2, 0.25) is 5.02 Å². The molecule has 0 aromatic heterocycles. The van der Waals surface area contributed by atoms with Crippen molar-refractivity contribution in [2.75, 3.05) is 32.2 Å². The monoisotopic (exact) mass is 631 g/mol. The lowest BCUT2D eigenvalue weighted by molar-refractivity contribution is -0.139. The van der Waals surface area contributed by atoms with Crippen LogP contribution in [-0.4, -0.2) is 65.1 Å². The number of halogens is 1. The summed E-state index contributed by atoms with van der Waals surface area (Å²) < 4.78 is 45.1. The van der Waals surface area contributed by atoms with E-state index in [4.69, 9.17) is 25.8 Å². The van der Waals surface area contributed by atoms with Gasteiger partial charge in [-0.05, 0) is 74.4 Å². The first-order valence-electron chi connectivity index (χ1n) is 13.7. The molecule has 10 nitrogen and oxygen atoms in total. The van der Waals surface area contributed by atoms with Crippen LogP contribution in [0.25, 0.3) is 0 Å². The molecule has 43 heavy (non-hydrogen) atoms. The quantitative estimate of drug-likeness (QED) is 0.269. The van der Waals surface area contributed by atoms with E-state index in [1.807, 2.05) is 13.8 Å². The normalized spacial score (nSPS) is 12.5. The van der Waals surface area contributed by atoms with E-state index >= 15 is 0 Å². The summed E-state index contributed by atoms with van der Waals surface area (Å²) in [5.41, 5.74) is 0.919. The second kappa shape index (κ2) is 15.0. The molecule has 232 valence electrons. The lowest BCUT2D eigenvalue weighted by Crippen LogP contribution is -2.52. The van der Waals surface area contributed by atoms with Gasteiger partial charge in [-0.25, -0.2) is 8.42 Å². The van der Waals surface area contributed by atoms with Gasteiger partial charge in [0.25, 0.3) is 10.0 Å². The number of methoxy groups -OCH3 is 3. The molecule has 12 heteroatoms. The molecular formula is C31H38ClN3O7S. The molecule has 1 N–H and O–H groups in total. The molecule has 0 saturated carbocycles. The number of hydrogen-bond donors (Lipinski definition) is 1. The Balaban J connectivity index is 2.07. The predicted octanol–water partition coefficient (Wildman–Crippen LogP) is 4.89. The van der Waals surface area contributed by atoms with Crippen LogP contribution in [0.5, 0.6) is 17.2 Å². The van der Waals surface area contributed by atoms with Gasteiger partial charge in [-0.15, -0.1) is 0 Å². The Morgan fingerprint density at radius 3 is 2.19 bits per heavy atom. The average molecular weight is 632 g/mol. The highest BCUT2D eigenvalue weighted by Crippen LogP contribution is 2.32. The molecule has 3 aromatic carbocycles. The number of rotatable bonds is 14. The Bertz CT molecular complexity index is 1520. The first-order valence-corrected chi connectivity index (χ1v) is 15.5. The van der Waals surface area contributed by atoms with E-state index in [-0.39, 0.29) is 34.8 Å². The number of ether oxygens (including phenoxy) is 3. The second-order valence-corrected chi connectivity index (χ2v) is 12.2. The smallest absolute Gasteiger partial charge is 0.264 e. The summed E-state index contributed by atoms with van der Waals surface area (Å²) in [4.78, 5) is 28.6. The summed E-state index contributed by atoms with van der Waals surface area (Å²) in [5, 5.41) is 3.31. The van der Waals surface area contributed by atoms with E-state index in [2.05, 4.69) is 5.32 Å². The molecular weight excluding hydrogens is 594 g/mol. The third-order valence-corrected chi connectivity index (χ3v) is 9.01. The van der Waals surface area contributed by atoms with Gasteiger partial charge < -0.3 is 24.4 Å². The lowest BCUT2D eigenvalue weighted by Gasteiger charge is -2.32. The van der Waals surface area contributed by atoms with Gasteiger partial charge in [0.1, 0.15) is 18.3 Å². The summed E-state index contributed by atoms with van der Waals surface area (Å²) in [6.07, 6.45) is 0.705. The van der Waals surface area contributed by atoms with Crippen molar-refractivity contribution in [3.63, 3.8) is 0 Å². The van der Waals surface area contributed by atoms with E-state index in [0.29, 0.717) is 28.5 Å². The van der Waals surface area contributed by atoms with Crippen LogP contribution in [0.3, 0.4) is 0 Å². The maximum Gasteiger partial charge on any atom is 0.264 e. The predicted molar refractivity (Wildman–Crippen MR) is 166 cm³/mol. The Morgan fingerprint density at radius 1 is 0.907 bits per heavy atom. The Hall–Kier alpha value is -3.96. The highest BCUT2D eigenvalue weighted by Gasteiger charge is 2.33. The van der Waals surface area contributed by atoms with E-state index in [0.717, 1.165) is 4.31 Å². The van der Waals surface area contributed by atoms with Crippen molar-refractivity contribution in [2.24, 2.45) is 0 Å². The van der Waals surface area contributed by atoms with Gasteiger partial charge in [-0.1, -0.05) is 30.7 Å². The van der Waals surface area contributed by atoms with Crippen LogP contribution in [-0.2, 0) is 26.2 Å². The molecule has 0 heterocycles. The number of sulfonamides is 1. The van der Waals surface area contributed by atoms with E-state index < -0.39 is 28.5 Å². The highest BCUT2D eigenvalue weighted by atomic mass is 35.5. The summed E-state index contributed by atoms with van der Waals surface area (Å²) in [7, 11) is 0.0605. The Morgan fingerprint density at radius 2 is 1.58 bits per heavy atom. The topological polar surface area (TPSA) is 114 Å². The molecule has 0 fully saturated rings. The van der Waals surface area contributed by atoms with Crippen molar-refractivity contribution < 1.29 is 32.2 Å². The van der Waals surface area contributed by atoms with Crippen molar-refractivity contribution in [2.45, 2.75) is 50.7 Å². The summed E-state index contributed by atoms with van der Waals surface area (Å²) in [6.45, 7) is 4.87. The molecule has 2 amide bonds. The van der Waals surface area contributed by atoms with Gasteiger partial charge in [0.15, 0.2) is 11.5 Å². The molecule has 2 atom stereocenters. The number of benzene rings is 3. The van der Waals surface area contributed by atoms with Gasteiger partial charge in [0.2, 0.25) is 11.8 Å². The van der Waals surface area contributed by atoms with Crippen molar-refractivity contribution in [1.82, 2.24) is 10.2 Å². The summed E-state index contributed by atoms with van der Waals surface area (Å²) in [5.74, 6) is 0.197. The van der Waals surface area contributed by atoms with Crippen molar-refractivity contribution in [3.8, 4) is 17.2 Å². The molecule has 0 unspecified atom stereocenters. The molecule has 3 aromatic rings. The maximum absolute atomic E-state index is 14.1. The average Bonchev–Trinajstić information content (AvgIpc) is 3.01. The number of nitrogens with zero attached hydrogens (tertiary/aromatic N) is 2. The van der Waals surface area contributed by atoms with Crippen LogP contribution in [0.4, 0.5) is 5.69 Å². The van der Waals surface area contributed by atoms with Crippen molar-refractivity contribution in [3.05, 3.63) is 77.3 Å². The number of carbonyl (C=O) groups is 2. The Labute approximate surface area is 258 Å². The summed E-state index contributed by atoms with van der Waals surface area (Å²) in [6, 6.07) is 16.4. The number of carbonyl (C=O) groups excluding carboxylic acids is 2. The van der Waals surface area contributed by atoms with Crippen LogP contribution in [0.15, 0.2) is 71.6 Å². The van der Waals surface area contributed by atoms with Crippen LogP contribution in [0, 0.1) is 0 Å². The largest absolute Gasteiger partial charge is 0.497 e.